The van der Waals surface area contributed by atoms with Crippen LogP contribution in [0.4, 0.5) is 0 Å². The molecule has 94 valence electrons. The van der Waals surface area contributed by atoms with E-state index in [-0.39, 0.29) is 5.91 Å². The summed E-state index contributed by atoms with van der Waals surface area (Å²) >= 11 is 1.69. The van der Waals surface area contributed by atoms with Gasteiger partial charge in [0.15, 0.2) is 0 Å². The lowest BCUT2D eigenvalue weighted by Gasteiger charge is -2.21. The van der Waals surface area contributed by atoms with Gasteiger partial charge in [0.1, 0.15) is 0 Å². The van der Waals surface area contributed by atoms with Crippen LogP contribution in [0.5, 0.6) is 0 Å². The van der Waals surface area contributed by atoms with Crippen LogP contribution in [-0.4, -0.2) is 37.1 Å². The predicted molar refractivity (Wildman–Crippen MR) is 69.3 cm³/mol. The van der Waals surface area contributed by atoms with E-state index in [1.54, 1.807) is 18.4 Å². The highest BCUT2D eigenvalue weighted by Crippen LogP contribution is 2.27. The molecule has 2 rings (SSSR count). The van der Waals surface area contributed by atoms with E-state index < -0.39 is 0 Å². The largest absolute Gasteiger partial charge is 0.383 e. The van der Waals surface area contributed by atoms with Gasteiger partial charge < -0.3 is 9.64 Å². The number of hydrogen-bond donors (Lipinski definition) is 0. The molecule has 1 fully saturated rings. The van der Waals surface area contributed by atoms with Crippen LogP contribution in [0.3, 0.4) is 0 Å². The van der Waals surface area contributed by atoms with Crippen molar-refractivity contribution in [1.82, 2.24) is 4.90 Å². The number of nitrogens with zero attached hydrogens (tertiary/aromatic N) is 1. The Kier molecular flexibility index (Phi) is 4.57. The van der Waals surface area contributed by atoms with Crippen molar-refractivity contribution in [1.29, 1.82) is 0 Å². The number of amides is 1. The summed E-state index contributed by atoms with van der Waals surface area (Å²) in [4.78, 5) is 14.1. The summed E-state index contributed by atoms with van der Waals surface area (Å²) in [5.74, 6) is 0.274. The van der Waals surface area contributed by atoms with Crippen molar-refractivity contribution in [2.45, 2.75) is 31.7 Å². The maximum atomic E-state index is 12.1. The standard InChI is InChI=1S/C13H19NO2S/c1-16-8-7-14(12-3-4-12)13(15)5-2-11-6-9-17-10-11/h6,9-10,12H,2-5,7-8H2,1H3. The quantitative estimate of drug-likeness (QED) is 0.746. The fourth-order valence-electron chi connectivity index (χ4n) is 1.92. The van der Waals surface area contributed by atoms with Gasteiger partial charge in [-0.25, -0.2) is 0 Å². The second-order valence-corrected chi connectivity index (χ2v) is 5.22. The Morgan fingerprint density at radius 2 is 2.41 bits per heavy atom. The molecule has 1 aromatic heterocycles. The Bertz CT molecular complexity index is 346. The molecule has 0 saturated heterocycles. The number of aryl methyl sites for hydroxylation is 1. The van der Waals surface area contributed by atoms with E-state index in [2.05, 4.69) is 16.8 Å². The third kappa shape index (κ3) is 3.82. The van der Waals surface area contributed by atoms with Crippen molar-refractivity contribution >= 4 is 17.2 Å². The van der Waals surface area contributed by atoms with E-state index in [9.17, 15) is 4.79 Å². The lowest BCUT2D eigenvalue weighted by atomic mass is 10.2. The molecule has 1 amide bonds. The highest BCUT2D eigenvalue weighted by Gasteiger charge is 2.31. The van der Waals surface area contributed by atoms with Crippen LogP contribution in [-0.2, 0) is 16.0 Å². The minimum Gasteiger partial charge on any atom is -0.383 e. The molecule has 0 atom stereocenters. The summed E-state index contributed by atoms with van der Waals surface area (Å²) < 4.78 is 5.06. The van der Waals surface area contributed by atoms with Gasteiger partial charge in [-0.2, -0.15) is 11.3 Å². The Hall–Kier alpha value is -0.870. The van der Waals surface area contributed by atoms with Gasteiger partial charge in [0.05, 0.1) is 6.61 Å². The fourth-order valence-corrected chi connectivity index (χ4v) is 2.62. The third-order valence-electron chi connectivity index (χ3n) is 3.05. The highest BCUT2D eigenvalue weighted by molar-refractivity contribution is 7.07. The summed E-state index contributed by atoms with van der Waals surface area (Å²) in [6, 6.07) is 2.58. The molecule has 1 aromatic rings. The molecule has 1 aliphatic carbocycles. The lowest BCUT2D eigenvalue weighted by Crippen LogP contribution is -2.35. The normalized spacial score (nSPS) is 14.9. The first kappa shape index (κ1) is 12.6. The molecular formula is C13H19NO2S. The smallest absolute Gasteiger partial charge is 0.223 e. The minimum absolute atomic E-state index is 0.274. The van der Waals surface area contributed by atoms with Crippen LogP contribution in [0.2, 0.25) is 0 Å². The lowest BCUT2D eigenvalue weighted by molar-refractivity contribution is -0.132. The van der Waals surface area contributed by atoms with Crippen LogP contribution in [0.25, 0.3) is 0 Å². The van der Waals surface area contributed by atoms with Gasteiger partial charge in [-0.15, -0.1) is 0 Å². The number of methoxy groups -OCH3 is 1. The van der Waals surface area contributed by atoms with Gasteiger partial charge in [-0.3, -0.25) is 4.79 Å². The Morgan fingerprint density at radius 3 is 3.00 bits per heavy atom. The van der Waals surface area contributed by atoms with Crippen LogP contribution in [0.1, 0.15) is 24.8 Å². The molecule has 0 aliphatic heterocycles. The van der Waals surface area contributed by atoms with E-state index in [0.29, 0.717) is 19.1 Å². The van der Waals surface area contributed by atoms with Gasteiger partial charge in [-0.1, -0.05) is 0 Å². The molecule has 17 heavy (non-hydrogen) atoms. The van der Waals surface area contributed by atoms with Gasteiger partial charge in [0, 0.05) is 26.1 Å². The van der Waals surface area contributed by atoms with E-state index in [1.807, 2.05) is 4.90 Å². The molecular weight excluding hydrogens is 234 g/mol. The zero-order valence-corrected chi connectivity index (χ0v) is 11.0. The highest BCUT2D eigenvalue weighted by atomic mass is 32.1. The summed E-state index contributed by atoms with van der Waals surface area (Å²) in [6.45, 7) is 1.38. The van der Waals surface area contributed by atoms with Crippen molar-refractivity contribution in [3.05, 3.63) is 22.4 Å². The summed E-state index contributed by atoms with van der Waals surface area (Å²) in [5.41, 5.74) is 1.27. The zero-order valence-electron chi connectivity index (χ0n) is 10.2. The molecule has 0 aromatic carbocycles. The summed E-state index contributed by atoms with van der Waals surface area (Å²) in [7, 11) is 1.68. The van der Waals surface area contributed by atoms with E-state index in [4.69, 9.17) is 4.74 Å². The topological polar surface area (TPSA) is 29.5 Å². The van der Waals surface area contributed by atoms with Gasteiger partial charge in [-0.05, 0) is 41.7 Å². The van der Waals surface area contributed by atoms with E-state index >= 15 is 0 Å². The second kappa shape index (κ2) is 6.17. The van der Waals surface area contributed by atoms with Gasteiger partial charge in [0.25, 0.3) is 0 Å². The zero-order chi connectivity index (χ0) is 12.1. The van der Waals surface area contributed by atoms with Crippen molar-refractivity contribution in [3.63, 3.8) is 0 Å². The van der Waals surface area contributed by atoms with Crippen LogP contribution < -0.4 is 0 Å². The number of hydrogen-bond acceptors (Lipinski definition) is 3. The average Bonchev–Trinajstić information content (AvgIpc) is 3.03. The molecule has 1 saturated carbocycles. The molecule has 0 unspecified atom stereocenters. The number of rotatable bonds is 7. The van der Waals surface area contributed by atoms with Crippen LogP contribution in [0.15, 0.2) is 16.8 Å². The van der Waals surface area contributed by atoms with Crippen LogP contribution >= 0.6 is 11.3 Å². The predicted octanol–water partition coefficient (Wildman–Crippen LogP) is 2.32. The minimum atomic E-state index is 0.274. The maximum absolute atomic E-state index is 12.1. The fraction of sp³-hybridized carbons (Fsp3) is 0.615. The monoisotopic (exact) mass is 253 g/mol. The van der Waals surface area contributed by atoms with Gasteiger partial charge in [0.2, 0.25) is 5.91 Å². The molecule has 3 nitrogen and oxygen atoms in total. The third-order valence-corrected chi connectivity index (χ3v) is 3.78. The number of thiophene rings is 1. The van der Waals surface area contributed by atoms with E-state index in [0.717, 1.165) is 25.8 Å². The summed E-state index contributed by atoms with van der Waals surface area (Å²) in [5, 5.41) is 4.17. The second-order valence-electron chi connectivity index (χ2n) is 4.44. The van der Waals surface area contributed by atoms with E-state index in [1.165, 1.54) is 5.56 Å². The average molecular weight is 253 g/mol. The van der Waals surface area contributed by atoms with Crippen molar-refractivity contribution in [3.8, 4) is 0 Å². The molecule has 1 heterocycles. The first-order valence-corrected chi connectivity index (χ1v) is 7.05. The van der Waals surface area contributed by atoms with Crippen molar-refractivity contribution in [2.24, 2.45) is 0 Å². The van der Waals surface area contributed by atoms with Crippen molar-refractivity contribution in [2.75, 3.05) is 20.3 Å². The number of carbonyl (C=O) groups is 1. The molecule has 1 aliphatic rings. The maximum Gasteiger partial charge on any atom is 0.223 e. The van der Waals surface area contributed by atoms with Crippen LogP contribution in [0, 0.1) is 0 Å². The van der Waals surface area contributed by atoms with Gasteiger partial charge >= 0.3 is 0 Å². The molecule has 0 N–H and O–H groups in total. The first-order valence-electron chi connectivity index (χ1n) is 6.10. The Labute approximate surface area is 106 Å². The van der Waals surface area contributed by atoms with Crippen molar-refractivity contribution < 1.29 is 9.53 Å². The Morgan fingerprint density at radius 1 is 1.59 bits per heavy atom. The molecule has 0 bridgehead atoms. The Balaban J connectivity index is 1.79. The SMILES string of the molecule is COCCN(C(=O)CCc1ccsc1)C1CC1. The number of carbonyl (C=O) groups excluding carboxylic acids is 1. The molecule has 0 spiro atoms. The molecule has 4 heteroatoms. The number of ether oxygens (including phenoxy) is 1. The summed E-state index contributed by atoms with van der Waals surface area (Å²) in [6.07, 6.45) is 3.80. The first-order chi connectivity index (χ1) is 8.31. The molecule has 0 radical (unpaired) electrons.